The normalized spacial score (nSPS) is 11.6. The van der Waals surface area contributed by atoms with Crippen molar-refractivity contribution in [2.24, 2.45) is 0 Å². The Hall–Kier alpha value is -0.570. The topological polar surface area (TPSA) is 46.5 Å². The van der Waals surface area contributed by atoms with E-state index in [1.165, 1.54) is 51.4 Å². The van der Waals surface area contributed by atoms with E-state index in [0.717, 1.165) is 19.3 Å². The first kappa shape index (κ1) is 20.4. The molecule has 0 saturated carbocycles. The molecule has 0 aliphatic carbocycles. The second-order valence-corrected chi connectivity index (χ2v) is 6.95. The molecule has 0 radical (unpaired) electrons. The summed E-state index contributed by atoms with van der Waals surface area (Å²) < 4.78 is 5.28. The summed E-state index contributed by atoms with van der Waals surface area (Å²) >= 11 is 0. The first-order valence-corrected chi connectivity index (χ1v) is 8.78. The van der Waals surface area contributed by atoms with Gasteiger partial charge < -0.3 is 9.84 Å². The highest BCUT2D eigenvalue weighted by atomic mass is 16.6. The molecular weight excluding hydrogens is 264 g/mol. The lowest BCUT2D eigenvalue weighted by atomic mass is 10.1. The third-order valence-corrected chi connectivity index (χ3v) is 3.46. The van der Waals surface area contributed by atoms with Crippen molar-refractivity contribution in [1.29, 1.82) is 0 Å². The van der Waals surface area contributed by atoms with Crippen LogP contribution in [0.5, 0.6) is 0 Å². The van der Waals surface area contributed by atoms with E-state index in [1.54, 1.807) is 0 Å². The van der Waals surface area contributed by atoms with Crippen molar-refractivity contribution in [2.75, 3.05) is 6.61 Å². The predicted octanol–water partition coefficient (Wildman–Crippen LogP) is 5.00. The minimum atomic E-state index is -0.353. The highest BCUT2D eigenvalue weighted by molar-refractivity contribution is 5.69. The molecule has 0 saturated heterocycles. The average Bonchev–Trinajstić information content (AvgIpc) is 2.38. The van der Waals surface area contributed by atoms with Crippen LogP contribution in [0, 0.1) is 0 Å². The zero-order chi connectivity index (χ0) is 16.0. The summed E-state index contributed by atoms with van der Waals surface area (Å²) in [6, 6.07) is 0. The lowest BCUT2D eigenvalue weighted by molar-refractivity contribution is -0.154. The van der Waals surface area contributed by atoms with Crippen LogP contribution in [0.3, 0.4) is 0 Å². The minimum Gasteiger partial charge on any atom is -0.460 e. The minimum absolute atomic E-state index is 0.0645. The van der Waals surface area contributed by atoms with Gasteiger partial charge in [-0.1, -0.05) is 57.8 Å². The van der Waals surface area contributed by atoms with Gasteiger partial charge in [0, 0.05) is 13.0 Å². The second-order valence-electron chi connectivity index (χ2n) is 6.95. The zero-order valence-electron chi connectivity index (χ0n) is 14.5. The molecule has 21 heavy (non-hydrogen) atoms. The van der Waals surface area contributed by atoms with Crippen molar-refractivity contribution >= 4 is 5.97 Å². The van der Waals surface area contributed by atoms with Gasteiger partial charge in [-0.05, 0) is 33.6 Å². The number of aliphatic hydroxyl groups excluding tert-OH is 1. The molecule has 0 fully saturated rings. The molecule has 1 N–H and O–H groups in total. The molecule has 0 spiro atoms. The van der Waals surface area contributed by atoms with Gasteiger partial charge in [0.05, 0.1) is 0 Å². The van der Waals surface area contributed by atoms with E-state index in [1.807, 2.05) is 20.8 Å². The highest BCUT2D eigenvalue weighted by Crippen LogP contribution is 2.13. The number of ether oxygens (including phenoxy) is 1. The molecule has 0 aliphatic heterocycles. The maximum Gasteiger partial charge on any atom is 0.306 e. The molecule has 0 aliphatic rings. The molecule has 0 aromatic carbocycles. The van der Waals surface area contributed by atoms with E-state index in [9.17, 15) is 4.79 Å². The van der Waals surface area contributed by atoms with Crippen LogP contribution in [-0.4, -0.2) is 23.3 Å². The second kappa shape index (κ2) is 13.1. The van der Waals surface area contributed by atoms with Crippen LogP contribution < -0.4 is 0 Å². The molecule has 0 bridgehead atoms. The summed E-state index contributed by atoms with van der Waals surface area (Å²) in [6.45, 7) is 6.07. The van der Waals surface area contributed by atoms with Crippen LogP contribution in [0.1, 0.15) is 97.8 Å². The summed E-state index contributed by atoms with van der Waals surface area (Å²) in [5.74, 6) is -0.0645. The summed E-state index contributed by atoms with van der Waals surface area (Å²) in [6.07, 6.45) is 13.8. The Morgan fingerprint density at radius 3 is 1.52 bits per heavy atom. The van der Waals surface area contributed by atoms with Crippen LogP contribution in [0.2, 0.25) is 0 Å². The number of hydrogen-bond acceptors (Lipinski definition) is 3. The smallest absolute Gasteiger partial charge is 0.306 e. The Kier molecular flexibility index (Phi) is 12.8. The quantitative estimate of drug-likeness (QED) is 0.384. The van der Waals surface area contributed by atoms with Crippen LogP contribution in [0.15, 0.2) is 0 Å². The Morgan fingerprint density at radius 1 is 0.762 bits per heavy atom. The van der Waals surface area contributed by atoms with Gasteiger partial charge in [0.25, 0.3) is 0 Å². The summed E-state index contributed by atoms with van der Waals surface area (Å²) in [5.41, 5.74) is -0.353. The van der Waals surface area contributed by atoms with Crippen molar-refractivity contribution in [1.82, 2.24) is 0 Å². The maximum atomic E-state index is 11.5. The number of hydrogen-bond donors (Lipinski definition) is 1. The van der Waals surface area contributed by atoms with Gasteiger partial charge in [-0.3, -0.25) is 4.79 Å². The summed E-state index contributed by atoms with van der Waals surface area (Å²) in [4.78, 5) is 11.5. The summed E-state index contributed by atoms with van der Waals surface area (Å²) in [7, 11) is 0. The SMILES string of the molecule is CC(C)(C)OC(=O)CCCCCCCCCCCCCO. The maximum absolute atomic E-state index is 11.5. The molecule has 0 aromatic heterocycles. The van der Waals surface area contributed by atoms with Crippen molar-refractivity contribution in [3.8, 4) is 0 Å². The Labute approximate surface area is 131 Å². The zero-order valence-corrected chi connectivity index (χ0v) is 14.5. The monoisotopic (exact) mass is 300 g/mol. The molecule has 0 aromatic rings. The fourth-order valence-electron chi connectivity index (χ4n) is 2.36. The number of carbonyl (C=O) groups excluding carboxylic acids is 1. The number of esters is 1. The Morgan fingerprint density at radius 2 is 1.14 bits per heavy atom. The van der Waals surface area contributed by atoms with Gasteiger partial charge in [0.2, 0.25) is 0 Å². The Balaban J connectivity index is 3.17. The van der Waals surface area contributed by atoms with Crippen LogP contribution in [-0.2, 0) is 9.53 Å². The number of rotatable bonds is 13. The number of unbranched alkanes of at least 4 members (excludes halogenated alkanes) is 10. The molecule has 0 atom stereocenters. The van der Waals surface area contributed by atoms with E-state index < -0.39 is 0 Å². The molecule has 3 heteroatoms. The van der Waals surface area contributed by atoms with Crippen molar-refractivity contribution in [3.05, 3.63) is 0 Å². The fraction of sp³-hybridized carbons (Fsp3) is 0.944. The van der Waals surface area contributed by atoms with Crippen LogP contribution in [0.4, 0.5) is 0 Å². The lowest BCUT2D eigenvalue weighted by Crippen LogP contribution is -2.23. The third-order valence-electron chi connectivity index (χ3n) is 3.46. The third kappa shape index (κ3) is 17.4. The van der Waals surface area contributed by atoms with E-state index in [0.29, 0.717) is 13.0 Å². The first-order valence-electron chi connectivity index (χ1n) is 8.78. The molecule has 0 rings (SSSR count). The molecule has 0 unspecified atom stereocenters. The van der Waals surface area contributed by atoms with Gasteiger partial charge in [-0.25, -0.2) is 0 Å². The summed E-state index contributed by atoms with van der Waals surface area (Å²) in [5, 5.41) is 8.67. The average molecular weight is 300 g/mol. The number of aliphatic hydroxyl groups is 1. The van der Waals surface area contributed by atoms with E-state index >= 15 is 0 Å². The standard InChI is InChI=1S/C18H36O3/c1-18(2,3)21-17(20)15-13-11-9-7-5-4-6-8-10-12-14-16-19/h19H,4-16H2,1-3H3. The van der Waals surface area contributed by atoms with E-state index in [4.69, 9.17) is 9.84 Å². The van der Waals surface area contributed by atoms with Gasteiger partial charge in [0.15, 0.2) is 0 Å². The van der Waals surface area contributed by atoms with E-state index in [-0.39, 0.29) is 11.6 Å². The van der Waals surface area contributed by atoms with Crippen molar-refractivity contribution < 1.29 is 14.6 Å². The van der Waals surface area contributed by atoms with Gasteiger partial charge in [-0.15, -0.1) is 0 Å². The molecule has 0 heterocycles. The Bertz CT molecular complexity index is 243. The molecule has 126 valence electrons. The first-order chi connectivity index (χ1) is 9.95. The lowest BCUT2D eigenvalue weighted by Gasteiger charge is -2.19. The van der Waals surface area contributed by atoms with Gasteiger partial charge >= 0.3 is 5.97 Å². The molecular formula is C18H36O3. The number of carbonyl (C=O) groups is 1. The van der Waals surface area contributed by atoms with E-state index in [2.05, 4.69) is 0 Å². The van der Waals surface area contributed by atoms with Gasteiger partial charge in [-0.2, -0.15) is 0 Å². The van der Waals surface area contributed by atoms with Gasteiger partial charge in [0.1, 0.15) is 5.60 Å². The molecule has 0 amide bonds. The van der Waals surface area contributed by atoms with Crippen LogP contribution >= 0.6 is 0 Å². The van der Waals surface area contributed by atoms with Crippen LogP contribution in [0.25, 0.3) is 0 Å². The largest absolute Gasteiger partial charge is 0.460 e. The van der Waals surface area contributed by atoms with Crippen molar-refractivity contribution in [2.45, 2.75) is 103 Å². The predicted molar refractivity (Wildman–Crippen MR) is 88.3 cm³/mol. The van der Waals surface area contributed by atoms with Crippen molar-refractivity contribution in [3.63, 3.8) is 0 Å². The molecule has 3 nitrogen and oxygen atoms in total. The highest BCUT2D eigenvalue weighted by Gasteiger charge is 2.15. The fourth-order valence-corrected chi connectivity index (χ4v) is 2.36.